The Labute approximate surface area is 162 Å². The summed E-state index contributed by atoms with van der Waals surface area (Å²) >= 11 is 0. The van der Waals surface area contributed by atoms with Crippen molar-refractivity contribution in [1.82, 2.24) is 14.8 Å². The van der Waals surface area contributed by atoms with Crippen LogP contribution in [0.2, 0.25) is 0 Å². The first-order valence-electron chi connectivity index (χ1n) is 10.1. The van der Waals surface area contributed by atoms with Crippen molar-refractivity contribution in [3.63, 3.8) is 0 Å². The number of hydrogen-bond donors (Lipinski definition) is 1. The summed E-state index contributed by atoms with van der Waals surface area (Å²) in [6.07, 6.45) is 8.81. The van der Waals surface area contributed by atoms with Crippen molar-refractivity contribution < 1.29 is 4.79 Å². The zero-order chi connectivity index (χ0) is 19.1. The van der Waals surface area contributed by atoms with Gasteiger partial charge < -0.3 is 10.6 Å². The number of rotatable bonds is 5. The van der Waals surface area contributed by atoms with E-state index in [9.17, 15) is 4.79 Å². The number of carbonyl (C=O) groups is 1. The fourth-order valence-electron chi connectivity index (χ4n) is 3.75. The van der Waals surface area contributed by atoms with Crippen molar-refractivity contribution in [3.8, 4) is 0 Å². The third-order valence-electron chi connectivity index (χ3n) is 5.28. The van der Waals surface area contributed by atoms with E-state index in [4.69, 9.17) is 10.7 Å². The summed E-state index contributed by atoms with van der Waals surface area (Å²) in [5.41, 5.74) is 9.98. The van der Waals surface area contributed by atoms with Crippen molar-refractivity contribution in [3.05, 3.63) is 41.4 Å². The van der Waals surface area contributed by atoms with Crippen LogP contribution in [-0.4, -0.2) is 59.1 Å². The van der Waals surface area contributed by atoms with Crippen molar-refractivity contribution in [2.45, 2.75) is 45.6 Å². The minimum absolute atomic E-state index is 0.0142. The zero-order valence-corrected chi connectivity index (χ0v) is 16.4. The van der Waals surface area contributed by atoms with Crippen LogP contribution in [0.1, 0.15) is 44.6 Å². The van der Waals surface area contributed by atoms with Gasteiger partial charge in [-0.1, -0.05) is 6.92 Å². The first-order valence-corrected chi connectivity index (χ1v) is 10.1. The number of piperidine rings is 2. The smallest absolute Gasteiger partial charge is 0.270 e. The molecule has 1 aromatic rings. The van der Waals surface area contributed by atoms with Crippen LogP contribution in [0.15, 0.2) is 40.8 Å². The van der Waals surface area contributed by atoms with E-state index < -0.39 is 0 Å². The van der Waals surface area contributed by atoms with Crippen molar-refractivity contribution >= 4 is 11.6 Å². The van der Waals surface area contributed by atoms with Crippen LogP contribution in [-0.2, 0) is 11.3 Å². The molecule has 1 amide bonds. The highest BCUT2D eigenvalue weighted by Crippen LogP contribution is 2.20. The van der Waals surface area contributed by atoms with Crippen molar-refractivity contribution in [2.24, 2.45) is 10.7 Å². The number of aromatic nitrogens is 1. The molecule has 2 N–H and O–H groups in total. The summed E-state index contributed by atoms with van der Waals surface area (Å²) in [6.45, 7) is 6.97. The lowest BCUT2D eigenvalue weighted by Crippen LogP contribution is -2.42. The van der Waals surface area contributed by atoms with Crippen LogP contribution in [0.25, 0.3) is 0 Å². The average Bonchev–Trinajstić information content (AvgIpc) is 2.73. The van der Waals surface area contributed by atoms with Crippen molar-refractivity contribution in [2.75, 3.05) is 32.7 Å². The minimum Gasteiger partial charge on any atom is -0.394 e. The number of hydrogen-bond acceptors (Lipinski definition) is 5. The van der Waals surface area contributed by atoms with Gasteiger partial charge in [0.05, 0.1) is 0 Å². The standard InChI is InChI=1S/C21H31N5O/c1-2-9-24-19-8-14-25(15-17-6-10-23-11-7-17)16-18(19)20(22)21(27)26-12-4-3-5-13-26/h6-7,10-11H,2-5,8-9,12-16,22H2,1H3/b20-18-,24-19?. The Morgan fingerprint density at radius 2 is 1.93 bits per heavy atom. The van der Waals surface area contributed by atoms with Crippen LogP contribution >= 0.6 is 0 Å². The van der Waals surface area contributed by atoms with E-state index in [-0.39, 0.29) is 5.91 Å². The number of carbonyl (C=O) groups excluding carboxylic acids is 1. The third kappa shape index (κ3) is 5.16. The Kier molecular flexibility index (Phi) is 6.98. The summed E-state index contributed by atoms with van der Waals surface area (Å²) in [5.74, 6) is -0.0142. The van der Waals surface area contributed by atoms with Gasteiger partial charge in [0, 0.05) is 69.4 Å². The maximum Gasteiger partial charge on any atom is 0.270 e. The van der Waals surface area contributed by atoms with Crippen molar-refractivity contribution in [1.29, 1.82) is 0 Å². The normalized spacial score (nSPS) is 22.1. The molecule has 6 heteroatoms. The van der Waals surface area contributed by atoms with Gasteiger partial charge >= 0.3 is 0 Å². The molecule has 2 fully saturated rings. The van der Waals surface area contributed by atoms with Gasteiger partial charge in [-0.15, -0.1) is 0 Å². The average molecular weight is 370 g/mol. The molecule has 0 radical (unpaired) electrons. The number of amides is 1. The number of pyridine rings is 1. The molecule has 3 rings (SSSR count). The van der Waals surface area contributed by atoms with Gasteiger partial charge in [0.25, 0.3) is 5.91 Å². The van der Waals surface area contributed by atoms with E-state index in [1.165, 1.54) is 12.0 Å². The second-order valence-electron chi connectivity index (χ2n) is 7.39. The van der Waals surface area contributed by atoms with E-state index >= 15 is 0 Å². The van der Waals surface area contributed by atoms with Gasteiger partial charge in [-0.2, -0.15) is 0 Å². The SMILES string of the molecule is CCCN=C1CCN(Cc2ccncc2)C/C1=C(/N)C(=O)N1CCCCC1. The molecule has 3 heterocycles. The number of nitrogens with zero attached hydrogens (tertiary/aromatic N) is 4. The molecule has 0 aromatic carbocycles. The van der Waals surface area contributed by atoms with Crippen LogP contribution in [0.4, 0.5) is 0 Å². The molecule has 1 aromatic heterocycles. The van der Waals surface area contributed by atoms with E-state index in [0.29, 0.717) is 12.2 Å². The largest absolute Gasteiger partial charge is 0.394 e. The first-order chi connectivity index (χ1) is 13.2. The van der Waals surface area contributed by atoms with Crippen LogP contribution in [0.3, 0.4) is 0 Å². The summed E-state index contributed by atoms with van der Waals surface area (Å²) in [7, 11) is 0. The highest BCUT2D eigenvalue weighted by molar-refractivity contribution is 6.08. The summed E-state index contributed by atoms with van der Waals surface area (Å²) in [5, 5.41) is 0. The lowest BCUT2D eigenvalue weighted by molar-refractivity contribution is -0.128. The lowest BCUT2D eigenvalue weighted by atomic mass is 9.98. The number of nitrogens with two attached hydrogens (primary N) is 1. The van der Waals surface area contributed by atoms with Crippen LogP contribution in [0.5, 0.6) is 0 Å². The highest BCUT2D eigenvalue weighted by Gasteiger charge is 2.27. The topological polar surface area (TPSA) is 74.8 Å². The molecule has 27 heavy (non-hydrogen) atoms. The maximum absolute atomic E-state index is 12.9. The molecular formula is C21H31N5O. The van der Waals surface area contributed by atoms with Gasteiger partial charge in [-0.05, 0) is 43.4 Å². The molecule has 0 spiro atoms. The van der Waals surface area contributed by atoms with Gasteiger partial charge in [0.15, 0.2) is 0 Å². The molecule has 0 aliphatic carbocycles. The molecule has 0 atom stereocenters. The predicted octanol–water partition coefficient (Wildman–Crippen LogP) is 2.36. The Bertz CT molecular complexity index is 692. The Hall–Kier alpha value is -2.21. The molecule has 0 unspecified atom stereocenters. The zero-order valence-electron chi connectivity index (χ0n) is 16.4. The number of likely N-dealkylation sites (tertiary alicyclic amines) is 2. The fraction of sp³-hybridized carbons (Fsp3) is 0.571. The van der Waals surface area contributed by atoms with Crippen LogP contribution < -0.4 is 5.73 Å². The second-order valence-corrected chi connectivity index (χ2v) is 7.39. The first kappa shape index (κ1) is 19.5. The van der Waals surface area contributed by atoms with E-state index in [1.807, 2.05) is 29.4 Å². The molecular weight excluding hydrogens is 338 g/mol. The Morgan fingerprint density at radius 1 is 1.19 bits per heavy atom. The van der Waals surface area contributed by atoms with Gasteiger partial charge in [0.2, 0.25) is 0 Å². The monoisotopic (exact) mass is 369 g/mol. The number of aliphatic imine (C=N–C) groups is 1. The fourth-order valence-corrected chi connectivity index (χ4v) is 3.75. The summed E-state index contributed by atoms with van der Waals surface area (Å²) in [4.78, 5) is 26.0. The second kappa shape index (κ2) is 9.65. The Morgan fingerprint density at radius 3 is 2.63 bits per heavy atom. The molecule has 2 aliphatic heterocycles. The van der Waals surface area contributed by atoms with E-state index in [2.05, 4.69) is 16.8 Å². The molecule has 0 bridgehead atoms. The van der Waals surface area contributed by atoms with E-state index in [0.717, 1.165) is 69.7 Å². The van der Waals surface area contributed by atoms with E-state index in [1.54, 1.807) is 0 Å². The molecule has 2 saturated heterocycles. The van der Waals surface area contributed by atoms with Gasteiger partial charge in [-0.3, -0.25) is 19.7 Å². The summed E-state index contributed by atoms with van der Waals surface area (Å²) in [6, 6.07) is 4.07. The summed E-state index contributed by atoms with van der Waals surface area (Å²) < 4.78 is 0. The quantitative estimate of drug-likeness (QED) is 0.809. The maximum atomic E-state index is 12.9. The minimum atomic E-state index is -0.0142. The Balaban J connectivity index is 1.80. The van der Waals surface area contributed by atoms with Gasteiger partial charge in [-0.25, -0.2) is 0 Å². The molecule has 6 nitrogen and oxygen atoms in total. The molecule has 0 saturated carbocycles. The third-order valence-corrected chi connectivity index (χ3v) is 5.28. The lowest BCUT2D eigenvalue weighted by Gasteiger charge is -2.32. The van der Waals surface area contributed by atoms with Gasteiger partial charge in [0.1, 0.15) is 5.70 Å². The molecule has 146 valence electrons. The molecule has 2 aliphatic rings. The van der Waals surface area contributed by atoms with Crippen LogP contribution in [0, 0.1) is 0 Å². The highest BCUT2D eigenvalue weighted by atomic mass is 16.2. The predicted molar refractivity (Wildman–Crippen MR) is 108 cm³/mol.